The highest BCUT2D eigenvalue weighted by Gasteiger charge is 2.30. The van der Waals surface area contributed by atoms with E-state index in [0.717, 1.165) is 36.7 Å². The number of likely N-dealkylation sites (tertiary alicyclic amines) is 1. The summed E-state index contributed by atoms with van der Waals surface area (Å²) in [5.74, 6) is 0.115. The average molecular weight is 322 g/mol. The standard InChI is InChI=1S/C14H16BrN3O/c15-7-6-11-4-3-8-17(11)14(19)12-10-16-18-9-2-1-5-13(12)18/h1-2,5,9-11H,3-4,6-8H2. The number of pyridine rings is 1. The van der Waals surface area contributed by atoms with E-state index in [2.05, 4.69) is 21.0 Å². The maximum atomic E-state index is 12.7. The van der Waals surface area contributed by atoms with Crippen LogP contribution < -0.4 is 0 Å². The van der Waals surface area contributed by atoms with Gasteiger partial charge in [0, 0.05) is 24.1 Å². The first-order valence-electron chi connectivity index (χ1n) is 6.60. The van der Waals surface area contributed by atoms with Crippen LogP contribution in [-0.2, 0) is 0 Å². The van der Waals surface area contributed by atoms with Crippen LogP contribution in [0.4, 0.5) is 0 Å². The molecule has 0 aliphatic carbocycles. The van der Waals surface area contributed by atoms with Crippen molar-refractivity contribution in [3.05, 3.63) is 36.2 Å². The largest absolute Gasteiger partial charge is 0.336 e. The number of fused-ring (bicyclic) bond motifs is 1. The Hall–Kier alpha value is -1.36. The van der Waals surface area contributed by atoms with Gasteiger partial charge in [0.05, 0.1) is 17.3 Å². The van der Waals surface area contributed by atoms with Crippen LogP contribution in [0.25, 0.3) is 5.52 Å². The van der Waals surface area contributed by atoms with Gasteiger partial charge in [-0.05, 0) is 31.4 Å². The molecule has 0 aromatic carbocycles. The van der Waals surface area contributed by atoms with Crippen LogP contribution in [0, 0.1) is 0 Å². The third-order valence-corrected chi connectivity index (χ3v) is 4.20. The second-order valence-electron chi connectivity index (χ2n) is 4.86. The summed E-state index contributed by atoms with van der Waals surface area (Å²) in [5.41, 5.74) is 1.60. The number of aromatic nitrogens is 2. The van der Waals surface area contributed by atoms with E-state index in [1.165, 1.54) is 0 Å². The molecule has 0 spiro atoms. The van der Waals surface area contributed by atoms with E-state index < -0.39 is 0 Å². The second-order valence-corrected chi connectivity index (χ2v) is 5.65. The zero-order valence-corrected chi connectivity index (χ0v) is 12.2. The molecule has 0 saturated carbocycles. The quantitative estimate of drug-likeness (QED) is 0.815. The number of carbonyl (C=O) groups is 1. The Morgan fingerprint density at radius 1 is 1.47 bits per heavy atom. The van der Waals surface area contributed by atoms with Gasteiger partial charge < -0.3 is 4.90 Å². The highest BCUT2D eigenvalue weighted by Crippen LogP contribution is 2.24. The first-order valence-corrected chi connectivity index (χ1v) is 7.72. The molecule has 1 saturated heterocycles. The molecular weight excluding hydrogens is 306 g/mol. The van der Waals surface area contributed by atoms with Crippen LogP contribution in [0.5, 0.6) is 0 Å². The molecular formula is C14H16BrN3O. The van der Waals surface area contributed by atoms with E-state index in [9.17, 15) is 4.79 Å². The molecule has 0 radical (unpaired) electrons. The van der Waals surface area contributed by atoms with Crippen LogP contribution in [0.3, 0.4) is 0 Å². The number of hydrogen-bond donors (Lipinski definition) is 0. The van der Waals surface area contributed by atoms with Gasteiger partial charge in [0.15, 0.2) is 0 Å². The summed E-state index contributed by atoms with van der Waals surface area (Å²) in [7, 11) is 0. The highest BCUT2D eigenvalue weighted by atomic mass is 79.9. The van der Waals surface area contributed by atoms with Crippen molar-refractivity contribution in [3.63, 3.8) is 0 Å². The van der Waals surface area contributed by atoms with Gasteiger partial charge in [0.25, 0.3) is 5.91 Å². The van der Waals surface area contributed by atoms with E-state index in [1.807, 2.05) is 29.3 Å². The number of nitrogens with zero attached hydrogens (tertiary/aromatic N) is 3. The molecule has 1 aliphatic rings. The molecule has 3 rings (SSSR count). The average Bonchev–Trinajstić information content (AvgIpc) is 3.04. The lowest BCUT2D eigenvalue weighted by atomic mass is 10.1. The van der Waals surface area contributed by atoms with Crippen molar-refractivity contribution in [2.24, 2.45) is 0 Å². The molecule has 1 atom stereocenters. The van der Waals surface area contributed by atoms with Gasteiger partial charge in [-0.3, -0.25) is 4.79 Å². The molecule has 100 valence electrons. The van der Waals surface area contributed by atoms with E-state index in [-0.39, 0.29) is 5.91 Å². The smallest absolute Gasteiger partial charge is 0.257 e. The first-order chi connectivity index (χ1) is 9.31. The van der Waals surface area contributed by atoms with Gasteiger partial charge >= 0.3 is 0 Å². The number of amides is 1. The lowest BCUT2D eigenvalue weighted by molar-refractivity contribution is 0.0736. The molecule has 1 amide bonds. The predicted octanol–water partition coefficient (Wildman–Crippen LogP) is 2.72. The maximum absolute atomic E-state index is 12.7. The molecule has 19 heavy (non-hydrogen) atoms. The lowest BCUT2D eigenvalue weighted by Gasteiger charge is -2.23. The Kier molecular flexibility index (Phi) is 3.55. The minimum atomic E-state index is 0.115. The third-order valence-electron chi connectivity index (χ3n) is 3.74. The van der Waals surface area contributed by atoms with Crippen LogP contribution >= 0.6 is 15.9 Å². The molecule has 1 fully saturated rings. The lowest BCUT2D eigenvalue weighted by Crippen LogP contribution is -2.35. The van der Waals surface area contributed by atoms with Crippen molar-refractivity contribution in [1.82, 2.24) is 14.5 Å². The number of hydrogen-bond acceptors (Lipinski definition) is 2. The van der Waals surface area contributed by atoms with Gasteiger partial charge in [0.1, 0.15) is 0 Å². The number of alkyl halides is 1. The number of rotatable bonds is 3. The fraction of sp³-hybridized carbons (Fsp3) is 0.429. The van der Waals surface area contributed by atoms with Crippen LogP contribution in [0.2, 0.25) is 0 Å². The minimum Gasteiger partial charge on any atom is -0.336 e. The number of halogens is 1. The molecule has 3 heterocycles. The van der Waals surface area contributed by atoms with Crippen molar-refractivity contribution >= 4 is 27.4 Å². The number of carbonyl (C=O) groups excluding carboxylic acids is 1. The second kappa shape index (κ2) is 5.33. The zero-order valence-electron chi connectivity index (χ0n) is 10.6. The minimum absolute atomic E-state index is 0.115. The van der Waals surface area contributed by atoms with Crippen molar-refractivity contribution in [3.8, 4) is 0 Å². The van der Waals surface area contributed by atoms with Crippen molar-refractivity contribution in [1.29, 1.82) is 0 Å². The van der Waals surface area contributed by atoms with E-state index in [0.29, 0.717) is 11.6 Å². The molecule has 1 aliphatic heterocycles. The van der Waals surface area contributed by atoms with Gasteiger partial charge in [-0.2, -0.15) is 5.10 Å². The molecule has 4 nitrogen and oxygen atoms in total. The summed E-state index contributed by atoms with van der Waals surface area (Å²) in [6, 6.07) is 6.16. The van der Waals surface area contributed by atoms with Gasteiger partial charge in [0.2, 0.25) is 0 Å². The monoisotopic (exact) mass is 321 g/mol. The molecule has 1 unspecified atom stereocenters. The van der Waals surface area contributed by atoms with Crippen LogP contribution in [0.1, 0.15) is 29.6 Å². The summed E-state index contributed by atoms with van der Waals surface area (Å²) >= 11 is 3.47. The van der Waals surface area contributed by atoms with E-state index in [1.54, 1.807) is 10.7 Å². The fourth-order valence-electron chi connectivity index (χ4n) is 2.78. The van der Waals surface area contributed by atoms with E-state index in [4.69, 9.17) is 0 Å². The third kappa shape index (κ3) is 2.27. The van der Waals surface area contributed by atoms with Gasteiger partial charge in [-0.15, -0.1) is 0 Å². The summed E-state index contributed by atoms with van der Waals surface area (Å²) in [6.07, 6.45) is 6.78. The van der Waals surface area contributed by atoms with Crippen LogP contribution in [-0.4, -0.2) is 38.3 Å². The zero-order chi connectivity index (χ0) is 13.2. The summed E-state index contributed by atoms with van der Waals surface area (Å²) in [5, 5.41) is 5.18. The molecule has 2 aromatic rings. The Balaban J connectivity index is 1.91. The van der Waals surface area contributed by atoms with Crippen molar-refractivity contribution in [2.45, 2.75) is 25.3 Å². The SMILES string of the molecule is O=C(c1cnn2ccccc12)N1CCCC1CCBr. The fourth-order valence-corrected chi connectivity index (χ4v) is 3.31. The topological polar surface area (TPSA) is 37.6 Å². The molecule has 5 heteroatoms. The first kappa shape index (κ1) is 12.7. The van der Waals surface area contributed by atoms with E-state index >= 15 is 0 Å². The Morgan fingerprint density at radius 3 is 3.21 bits per heavy atom. The van der Waals surface area contributed by atoms with Gasteiger partial charge in [-0.25, -0.2) is 4.52 Å². The van der Waals surface area contributed by atoms with Crippen molar-refractivity contribution < 1.29 is 4.79 Å². The summed E-state index contributed by atoms with van der Waals surface area (Å²) in [4.78, 5) is 14.7. The molecule has 2 aromatic heterocycles. The highest BCUT2D eigenvalue weighted by molar-refractivity contribution is 9.09. The molecule has 0 N–H and O–H groups in total. The Morgan fingerprint density at radius 2 is 2.37 bits per heavy atom. The van der Waals surface area contributed by atoms with Crippen LogP contribution in [0.15, 0.2) is 30.6 Å². The predicted molar refractivity (Wildman–Crippen MR) is 77.7 cm³/mol. The summed E-state index contributed by atoms with van der Waals surface area (Å²) in [6.45, 7) is 0.862. The van der Waals surface area contributed by atoms with Crippen molar-refractivity contribution in [2.75, 3.05) is 11.9 Å². The maximum Gasteiger partial charge on any atom is 0.257 e. The normalized spacial score (nSPS) is 19.2. The Bertz CT molecular complexity index is 595. The molecule has 0 bridgehead atoms. The Labute approximate surface area is 120 Å². The van der Waals surface area contributed by atoms with Gasteiger partial charge in [-0.1, -0.05) is 22.0 Å². The summed E-state index contributed by atoms with van der Waals surface area (Å²) < 4.78 is 1.75.